The maximum absolute atomic E-state index is 11.5. The molecule has 0 radical (unpaired) electrons. The Kier molecular flexibility index (Phi) is 11.5. The number of amides is 1. The lowest BCUT2D eigenvalue weighted by Crippen LogP contribution is -2.45. The summed E-state index contributed by atoms with van der Waals surface area (Å²) >= 11 is 0. The van der Waals surface area contributed by atoms with Crippen LogP contribution in [0.4, 0.5) is 0 Å². The zero-order valence-electron chi connectivity index (χ0n) is 15.2. The molecule has 130 valence electrons. The van der Waals surface area contributed by atoms with Crippen molar-refractivity contribution >= 4 is 11.9 Å². The molecule has 0 saturated heterocycles. The van der Waals surface area contributed by atoms with E-state index in [-0.39, 0.29) is 5.91 Å². The van der Waals surface area contributed by atoms with Crippen molar-refractivity contribution < 1.29 is 4.79 Å². The average Bonchev–Trinajstić information content (AvgIpc) is 2.46. The molecule has 0 unspecified atom stereocenters. The van der Waals surface area contributed by atoms with E-state index in [4.69, 9.17) is 0 Å². The second-order valence-corrected chi connectivity index (χ2v) is 5.95. The van der Waals surface area contributed by atoms with Gasteiger partial charge in [-0.25, -0.2) is 0 Å². The summed E-state index contributed by atoms with van der Waals surface area (Å²) in [7, 11) is 1.75. The summed E-state index contributed by atoms with van der Waals surface area (Å²) in [5, 5.41) is 9.32. The number of carbonyl (C=O) groups excluding carboxylic acids is 1. The molecular formula is C16H35N5O. The molecule has 0 heterocycles. The highest BCUT2D eigenvalue weighted by atomic mass is 16.1. The van der Waals surface area contributed by atoms with Gasteiger partial charge in [0.15, 0.2) is 5.96 Å². The van der Waals surface area contributed by atoms with Gasteiger partial charge in [-0.15, -0.1) is 0 Å². The lowest BCUT2D eigenvalue weighted by atomic mass is 10.2. The van der Waals surface area contributed by atoms with Crippen LogP contribution >= 0.6 is 0 Å². The van der Waals surface area contributed by atoms with Crippen molar-refractivity contribution in [2.24, 2.45) is 4.99 Å². The predicted molar refractivity (Wildman–Crippen MR) is 94.3 cm³/mol. The van der Waals surface area contributed by atoms with E-state index < -0.39 is 0 Å². The van der Waals surface area contributed by atoms with E-state index in [9.17, 15) is 4.79 Å². The zero-order chi connectivity index (χ0) is 17.0. The Morgan fingerprint density at radius 3 is 2.09 bits per heavy atom. The van der Waals surface area contributed by atoms with E-state index in [2.05, 4.69) is 53.5 Å². The number of guanidine groups is 1. The third-order valence-electron chi connectivity index (χ3n) is 3.43. The van der Waals surface area contributed by atoms with Crippen LogP contribution < -0.4 is 16.0 Å². The maximum Gasteiger partial charge on any atom is 0.221 e. The highest BCUT2D eigenvalue weighted by Crippen LogP contribution is 2.03. The van der Waals surface area contributed by atoms with E-state index in [0.29, 0.717) is 25.0 Å². The third kappa shape index (κ3) is 9.60. The minimum atomic E-state index is 0.0793. The molecule has 0 aliphatic heterocycles. The molecule has 6 nitrogen and oxygen atoms in total. The molecule has 0 atom stereocenters. The van der Waals surface area contributed by atoms with Crippen molar-refractivity contribution in [1.82, 2.24) is 20.9 Å². The Labute approximate surface area is 136 Å². The molecular weight excluding hydrogens is 278 g/mol. The van der Waals surface area contributed by atoms with E-state index in [1.165, 1.54) is 0 Å². The number of carbonyl (C=O) groups is 1. The first-order valence-electron chi connectivity index (χ1n) is 8.39. The molecule has 6 heteroatoms. The molecule has 0 aromatic heterocycles. The van der Waals surface area contributed by atoms with Gasteiger partial charge < -0.3 is 16.0 Å². The summed E-state index contributed by atoms with van der Waals surface area (Å²) in [6.45, 7) is 14.0. The normalized spacial score (nSPS) is 12.1. The van der Waals surface area contributed by atoms with Gasteiger partial charge in [-0.2, -0.15) is 0 Å². The molecule has 0 bridgehead atoms. The molecule has 0 aromatic rings. The van der Waals surface area contributed by atoms with Gasteiger partial charge in [0.1, 0.15) is 0 Å². The van der Waals surface area contributed by atoms with Gasteiger partial charge in [0, 0.05) is 51.7 Å². The van der Waals surface area contributed by atoms with E-state index in [1.807, 2.05) is 6.92 Å². The zero-order valence-corrected chi connectivity index (χ0v) is 15.2. The maximum atomic E-state index is 11.5. The number of nitrogens with one attached hydrogen (secondary N) is 3. The quantitative estimate of drug-likeness (QED) is 0.418. The van der Waals surface area contributed by atoms with Gasteiger partial charge in [0.25, 0.3) is 0 Å². The summed E-state index contributed by atoms with van der Waals surface area (Å²) < 4.78 is 0. The van der Waals surface area contributed by atoms with Crippen LogP contribution in [-0.2, 0) is 4.79 Å². The van der Waals surface area contributed by atoms with Crippen LogP contribution in [0.2, 0.25) is 0 Å². The largest absolute Gasteiger partial charge is 0.356 e. The first kappa shape index (κ1) is 20.7. The van der Waals surface area contributed by atoms with Crippen LogP contribution in [0.25, 0.3) is 0 Å². The topological polar surface area (TPSA) is 68.8 Å². The SMILES string of the molecule is CCCNC(=O)CCNC(=NC)NCCN(C(C)C)C(C)C. The first-order chi connectivity index (χ1) is 10.4. The molecule has 0 saturated carbocycles. The Morgan fingerprint density at radius 2 is 1.59 bits per heavy atom. The number of hydrogen-bond acceptors (Lipinski definition) is 3. The monoisotopic (exact) mass is 313 g/mol. The third-order valence-corrected chi connectivity index (χ3v) is 3.43. The standard InChI is InChI=1S/C16H35N5O/c1-7-9-18-15(22)8-10-19-16(17-6)20-11-12-21(13(2)3)14(4)5/h13-14H,7-12H2,1-6H3,(H,18,22)(H2,17,19,20). The van der Waals surface area contributed by atoms with Gasteiger partial charge in [-0.3, -0.25) is 14.7 Å². The molecule has 0 aromatic carbocycles. The average molecular weight is 313 g/mol. The van der Waals surface area contributed by atoms with Crippen molar-refractivity contribution in [3.8, 4) is 0 Å². The van der Waals surface area contributed by atoms with Crippen LogP contribution in [0.1, 0.15) is 47.5 Å². The van der Waals surface area contributed by atoms with Crippen molar-refractivity contribution in [2.45, 2.75) is 59.5 Å². The summed E-state index contributed by atoms with van der Waals surface area (Å²) in [6, 6.07) is 1.05. The molecule has 0 aliphatic rings. The minimum Gasteiger partial charge on any atom is -0.356 e. The highest BCUT2D eigenvalue weighted by Gasteiger charge is 2.12. The van der Waals surface area contributed by atoms with Crippen molar-refractivity contribution in [1.29, 1.82) is 0 Å². The summed E-state index contributed by atoms with van der Waals surface area (Å²) in [5.74, 6) is 0.825. The van der Waals surface area contributed by atoms with Crippen molar-refractivity contribution in [2.75, 3.05) is 33.2 Å². The lowest BCUT2D eigenvalue weighted by molar-refractivity contribution is -0.120. The lowest BCUT2D eigenvalue weighted by Gasteiger charge is -2.30. The van der Waals surface area contributed by atoms with E-state index in [1.54, 1.807) is 7.05 Å². The van der Waals surface area contributed by atoms with E-state index >= 15 is 0 Å². The second kappa shape index (κ2) is 12.3. The molecule has 3 N–H and O–H groups in total. The summed E-state index contributed by atoms with van der Waals surface area (Å²) in [4.78, 5) is 18.1. The molecule has 0 fully saturated rings. The number of nitrogens with zero attached hydrogens (tertiary/aromatic N) is 2. The van der Waals surface area contributed by atoms with Gasteiger partial charge in [-0.05, 0) is 34.1 Å². The molecule has 0 aliphatic carbocycles. The van der Waals surface area contributed by atoms with Crippen LogP contribution in [0.5, 0.6) is 0 Å². The summed E-state index contributed by atoms with van der Waals surface area (Å²) in [5.41, 5.74) is 0. The first-order valence-corrected chi connectivity index (χ1v) is 8.39. The number of aliphatic imine (C=N–C) groups is 1. The fourth-order valence-corrected chi connectivity index (χ4v) is 2.28. The van der Waals surface area contributed by atoms with Crippen molar-refractivity contribution in [3.63, 3.8) is 0 Å². The number of hydrogen-bond donors (Lipinski definition) is 3. The van der Waals surface area contributed by atoms with Crippen LogP contribution in [-0.4, -0.2) is 62.1 Å². The van der Waals surface area contributed by atoms with Gasteiger partial charge in [-0.1, -0.05) is 6.92 Å². The van der Waals surface area contributed by atoms with Gasteiger partial charge in [0.05, 0.1) is 0 Å². The van der Waals surface area contributed by atoms with Crippen LogP contribution in [0.15, 0.2) is 4.99 Å². The van der Waals surface area contributed by atoms with Crippen molar-refractivity contribution in [3.05, 3.63) is 0 Å². The molecule has 0 rings (SSSR count). The van der Waals surface area contributed by atoms with Gasteiger partial charge in [0.2, 0.25) is 5.91 Å². The molecule has 1 amide bonds. The Morgan fingerprint density at radius 1 is 1.00 bits per heavy atom. The van der Waals surface area contributed by atoms with E-state index in [0.717, 1.165) is 32.0 Å². The minimum absolute atomic E-state index is 0.0793. The Hall–Kier alpha value is -1.30. The number of rotatable bonds is 10. The Bertz CT molecular complexity index is 320. The smallest absolute Gasteiger partial charge is 0.221 e. The fourth-order valence-electron chi connectivity index (χ4n) is 2.28. The molecule has 0 spiro atoms. The Balaban J connectivity index is 3.96. The highest BCUT2D eigenvalue weighted by molar-refractivity contribution is 5.81. The second-order valence-electron chi connectivity index (χ2n) is 5.95. The van der Waals surface area contributed by atoms with Gasteiger partial charge >= 0.3 is 0 Å². The van der Waals surface area contributed by atoms with Crippen LogP contribution in [0, 0.1) is 0 Å². The summed E-state index contributed by atoms with van der Waals surface area (Å²) in [6.07, 6.45) is 1.43. The molecule has 22 heavy (non-hydrogen) atoms. The predicted octanol–water partition coefficient (Wildman–Crippen LogP) is 1.19. The fraction of sp³-hybridized carbons (Fsp3) is 0.875. The van der Waals surface area contributed by atoms with Crippen LogP contribution in [0.3, 0.4) is 0 Å².